The second-order valence-electron chi connectivity index (χ2n) is 6.80. The second-order valence-corrected chi connectivity index (χ2v) is 6.80. The molecule has 7 heteroatoms. The van der Waals surface area contributed by atoms with Crippen molar-refractivity contribution in [2.24, 2.45) is 5.73 Å². The SMILES string of the molecule is Cc1cc(CNCCc2ncnc3c(C(C)(N)O)cccc23)cc(F)c1F. The molecule has 1 unspecified atom stereocenters. The first-order valence-corrected chi connectivity index (χ1v) is 8.67. The lowest BCUT2D eigenvalue weighted by Crippen LogP contribution is -2.32. The molecule has 0 radical (unpaired) electrons. The summed E-state index contributed by atoms with van der Waals surface area (Å²) in [4.78, 5) is 8.59. The number of hydrogen-bond acceptors (Lipinski definition) is 5. The van der Waals surface area contributed by atoms with E-state index in [0.717, 1.165) is 11.1 Å². The minimum atomic E-state index is -1.49. The summed E-state index contributed by atoms with van der Waals surface area (Å²) in [6, 6.07) is 8.26. The van der Waals surface area contributed by atoms with Gasteiger partial charge in [-0.1, -0.05) is 24.3 Å². The molecule has 27 heavy (non-hydrogen) atoms. The number of aryl methyl sites for hydroxylation is 1. The van der Waals surface area contributed by atoms with Gasteiger partial charge in [-0.25, -0.2) is 18.7 Å². The highest BCUT2D eigenvalue weighted by molar-refractivity contribution is 5.84. The maximum Gasteiger partial charge on any atom is 0.161 e. The van der Waals surface area contributed by atoms with Crippen LogP contribution in [-0.2, 0) is 18.7 Å². The normalized spacial score (nSPS) is 13.7. The highest BCUT2D eigenvalue weighted by Gasteiger charge is 2.21. The quantitative estimate of drug-likeness (QED) is 0.458. The molecule has 0 amide bonds. The van der Waals surface area contributed by atoms with Crippen LogP contribution >= 0.6 is 0 Å². The third kappa shape index (κ3) is 4.27. The predicted octanol–water partition coefficient (Wildman–Crippen LogP) is 2.67. The number of para-hydroxylation sites is 1. The van der Waals surface area contributed by atoms with E-state index in [2.05, 4.69) is 15.3 Å². The summed E-state index contributed by atoms with van der Waals surface area (Å²) in [7, 11) is 0. The largest absolute Gasteiger partial charge is 0.372 e. The first kappa shape index (κ1) is 19.3. The molecule has 0 aliphatic carbocycles. The standard InChI is InChI=1S/C20H22F2N4O/c1-12-8-13(9-16(21)18(12)22)10-24-7-6-17-14-4-3-5-15(20(2,23)27)19(14)26-11-25-17/h3-5,8-9,11,24,27H,6-7,10,23H2,1-2H3. The molecule has 0 aliphatic rings. The third-order valence-electron chi connectivity index (χ3n) is 4.43. The number of hydrogen-bond donors (Lipinski definition) is 3. The molecule has 0 fully saturated rings. The molecule has 3 aromatic rings. The molecule has 0 spiro atoms. The monoisotopic (exact) mass is 372 g/mol. The van der Waals surface area contributed by atoms with Crippen molar-refractivity contribution in [3.05, 3.63) is 70.7 Å². The van der Waals surface area contributed by atoms with E-state index < -0.39 is 17.4 Å². The molecular formula is C20H22F2N4O. The van der Waals surface area contributed by atoms with Gasteiger partial charge in [0.1, 0.15) is 12.1 Å². The number of rotatable bonds is 6. The van der Waals surface area contributed by atoms with Gasteiger partial charge in [0, 0.05) is 30.5 Å². The van der Waals surface area contributed by atoms with Crippen molar-refractivity contribution >= 4 is 10.9 Å². The van der Waals surface area contributed by atoms with E-state index in [1.165, 1.54) is 19.3 Å². The number of fused-ring (bicyclic) bond motifs is 1. The van der Waals surface area contributed by atoms with Gasteiger partial charge in [0.2, 0.25) is 0 Å². The molecule has 0 bridgehead atoms. The van der Waals surface area contributed by atoms with Crippen LogP contribution in [-0.4, -0.2) is 21.6 Å². The Hall–Kier alpha value is -2.48. The summed E-state index contributed by atoms with van der Waals surface area (Å²) in [5.41, 5.74) is 7.27. The highest BCUT2D eigenvalue weighted by Crippen LogP contribution is 2.25. The number of nitrogens with zero attached hydrogens (tertiary/aromatic N) is 2. The molecule has 0 saturated heterocycles. The molecule has 1 atom stereocenters. The van der Waals surface area contributed by atoms with E-state index in [9.17, 15) is 13.9 Å². The van der Waals surface area contributed by atoms with Crippen LogP contribution in [0.2, 0.25) is 0 Å². The van der Waals surface area contributed by atoms with Crippen LogP contribution in [0.25, 0.3) is 10.9 Å². The Kier molecular flexibility index (Phi) is 5.46. The van der Waals surface area contributed by atoms with Gasteiger partial charge in [-0.15, -0.1) is 0 Å². The first-order valence-electron chi connectivity index (χ1n) is 8.67. The minimum Gasteiger partial charge on any atom is -0.372 e. The summed E-state index contributed by atoms with van der Waals surface area (Å²) in [5.74, 6) is -1.65. The molecule has 4 N–H and O–H groups in total. The van der Waals surface area contributed by atoms with Crippen LogP contribution in [0.3, 0.4) is 0 Å². The Balaban J connectivity index is 1.71. The average Bonchev–Trinajstić information content (AvgIpc) is 2.62. The molecule has 0 saturated carbocycles. The third-order valence-corrected chi connectivity index (χ3v) is 4.43. The molecule has 1 heterocycles. The fraction of sp³-hybridized carbons (Fsp3) is 0.300. The van der Waals surface area contributed by atoms with Gasteiger partial charge < -0.3 is 10.4 Å². The number of benzene rings is 2. The molecule has 2 aromatic carbocycles. The lowest BCUT2D eigenvalue weighted by Gasteiger charge is -2.19. The number of nitrogens with two attached hydrogens (primary N) is 1. The molecule has 0 aliphatic heterocycles. The Bertz CT molecular complexity index is 947. The molecule has 3 rings (SSSR count). The van der Waals surface area contributed by atoms with E-state index in [0.29, 0.717) is 36.2 Å². The fourth-order valence-electron chi connectivity index (χ4n) is 3.09. The van der Waals surface area contributed by atoms with E-state index in [1.807, 2.05) is 12.1 Å². The summed E-state index contributed by atoms with van der Waals surface area (Å²) >= 11 is 0. The topological polar surface area (TPSA) is 84.1 Å². The van der Waals surface area contributed by atoms with Crippen LogP contribution in [0.5, 0.6) is 0 Å². The van der Waals surface area contributed by atoms with E-state index in [1.54, 1.807) is 19.1 Å². The minimum absolute atomic E-state index is 0.287. The van der Waals surface area contributed by atoms with E-state index in [4.69, 9.17) is 5.73 Å². The zero-order valence-electron chi connectivity index (χ0n) is 15.3. The lowest BCUT2D eigenvalue weighted by molar-refractivity contribution is 0.0661. The zero-order valence-corrected chi connectivity index (χ0v) is 15.3. The molecule has 142 valence electrons. The van der Waals surface area contributed by atoms with Gasteiger partial charge in [-0.3, -0.25) is 5.73 Å². The van der Waals surface area contributed by atoms with Crippen LogP contribution in [0, 0.1) is 18.6 Å². The Morgan fingerprint density at radius 2 is 2.00 bits per heavy atom. The van der Waals surface area contributed by atoms with Gasteiger partial charge >= 0.3 is 0 Å². The maximum atomic E-state index is 13.5. The Labute approximate surface area is 156 Å². The predicted molar refractivity (Wildman–Crippen MR) is 99.8 cm³/mol. The van der Waals surface area contributed by atoms with Crippen molar-refractivity contribution in [1.29, 1.82) is 0 Å². The van der Waals surface area contributed by atoms with Crippen molar-refractivity contribution in [3.63, 3.8) is 0 Å². The number of aliphatic hydroxyl groups is 1. The number of aromatic nitrogens is 2. The second kappa shape index (κ2) is 7.64. The number of halogens is 2. The number of nitrogens with one attached hydrogen (secondary N) is 1. The van der Waals surface area contributed by atoms with Crippen molar-refractivity contribution in [2.45, 2.75) is 32.5 Å². The van der Waals surface area contributed by atoms with Crippen molar-refractivity contribution in [3.8, 4) is 0 Å². The van der Waals surface area contributed by atoms with Gasteiger partial charge in [-0.05, 0) is 31.0 Å². The first-order chi connectivity index (χ1) is 12.8. The summed E-state index contributed by atoms with van der Waals surface area (Å²) in [6.45, 7) is 4.06. The smallest absolute Gasteiger partial charge is 0.161 e. The average molecular weight is 372 g/mol. The van der Waals surface area contributed by atoms with Crippen LogP contribution in [0.1, 0.15) is 29.3 Å². The van der Waals surface area contributed by atoms with Gasteiger partial charge in [0.15, 0.2) is 11.6 Å². The zero-order chi connectivity index (χ0) is 19.6. The van der Waals surface area contributed by atoms with Gasteiger partial charge in [0.25, 0.3) is 0 Å². The maximum absolute atomic E-state index is 13.5. The Morgan fingerprint density at radius 3 is 2.70 bits per heavy atom. The van der Waals surface area contributed by atoms with Crippen molar-refractivity contribution in [2.75, 3.05) is 6.54 Å². The lowest BCUT2D eigenvalue weighted by atomic mass is 10.0. The Morgan fingerprint density at radius 1 is 1.22 bits per heavy atom. The van der Waals surface area contributed by atoms with Crippen molar-refractivity contribution < 1.29 is 13.9 Å². The summed E-state index contributed by atoms with van der Waals surface area (Å²) < 4.78 is 26.8. The van der Waals surface area contributed by atoms with E-state index in [-0.39, 0.29) is 5.56 Å². The summed E-state index contributed by atoms with van der Waals surface area (Å²) in [6.07, 6.45) is 2.06. The van der Waals surface area contributed by atoms with Crippen LogP contribution in [0.15, 0.2) is 36.7 Å². The van der Waals surface area contributed by atoms with Crippen molar-refractivity contribution in [1.82, 2.24) is 15.3 Å². The van der Waals surface area contributed by atoms with Crippen LogP contribution in [0.4, 0.5) is 8.78 Å². The van der Waals surface area contributed by atoms with Gasteiger partial charge in [0.05, 0.1) is 11.2 Å². The van der Waals surface area contributed by atoms with E-state index >= 15 is 0 Å². The fourth-order valence-corrected chi connectivity index (χ4v) is 3.09. The van der Waals surface area contributed by atoms with Gasteiger partial charge in [-0.2, -0.15) is 0 Å². The highest BCUT2D eigenvalue weighted by atomic mass is 19.2. The molecule has 5 nitrogen and oxygen atoms in total. The van der Waals surface area contributed by atoms with Crippen LogP contribution < -0.4 is 11.1 Å². The summed E-state index contributed by atoms with van der Waals surface area (Å²) in [5, 5.41) is 14.2. The molecule has 1 aromatic heterocycles. The molecular weight excluding hydrogens is 350 g/mol.